The second-order valence-corrected chi connectivity index (χ2v) is 10.4. The highest BCUT2D eigenvalue weighted by Gasteiger charge is 2.38. The molecule has 0 spiro atoms. The van der Waals surface area contributed by atoms with Gasteiger partial charge in [0.1, 0.15) is 11.5 Å². The average Bonchev–Trinajstić information content (AvgIpc) is 3.24. The van der Waals surface area contributed by atoms with Gasteiger partial charge in [-0.2, -0.15) is 0 Å². The summed E-state index contributed by atoms with van der Waals surface area (Å²) in [6, 6.07) is 11.5. The first kappa shape index (κ1) is 27.1. The van der Waals surface area contributed by atoms with Gasteiger partial charge in [-0.05, 0) is 62.7 Å². The third-order valence-corrected chi connectivity index (χ3v) is 7.54. The van der Waals surface area contributed by atoms with Crippen molar-refractivity contribution in [1.82, 2.24) is 15.1 Å². The molecule has 9 heteroatoms. The van der Waals surface area contributed by atoms with E-state index in [0.29, 0.717) is 31.2 Å². The van der Waals surface area contributed by atoms with Crippen LogP contribution in [0.3, 0.4) is 0 Å². The summed E-state index contributed by atoms with van der Waals surface area (Å²) in [6.07, 6.45) is 1.67. The van der Waals surface area contributed by atoms with E-state index in [9.17, 15) is 9.59 Å². The van der Waals surface area contributed by atoms with Gasteiger partial charge in [0.15, 0.2) is 0 Å². The highest BCUT2D eigenvalue weighted by molar-refractivity contribution is 6.31. The number of ether oxygens (including phenoxy) is 2. The Balaban J connectivity index is 1.43. The number of rotatable bonds is 9. The lowest BCUT2D eigenvalue weighted by Crippen LogP contribution is -2.43. The Kier molecular flexibility index (Phi) is 8.82. The van der Waals surface area contributed by atoms with Gasteiger partial charge in [0.05, 0.1) is 26.7 Å². The quantitative estimate of drug-likeness (QED) is 0.538. The molecule has 2 aromatic rings. The van der Waals surface area contributed by atoms with E-state index in [0.717, 1.165) is 47.7 Å². The van der Waals surface area contributed by atoms with E-state index in [4.69, 9.17) is 21.1 Å². The lowest BCUT2D eigenvalue weighted by molar-refractivity contribution is -0.133. The minimum atomic E-state index is -0.320. The molecule has 200 valence electrons. The number of hydrogen-bond donors (Lipinski definition) is 1. The van der Waals surface area contributed by atoms with E-state index in [1.54, 1.807) is 14.2 Å². The molecule has 2 aromatic carbocycles. The standard InChI is InChI=1S/C28H37ClN4O4/c1-31(2)15-12-30-26(34)18-33-17-22(21-9-8-20(29)16-23(21)33)28(35)32-13-10-19(11-14-32)27-24(36-3)6-5-7-25(27)37-4/h5-9,16,19,22H,10-15,17-18H2,1-4H3,(H,30,34). The van der Waals surface area contributed by atoms with Crippen LogP contribution in [0.25, 0.3) is 0 Å². The molecule has 2 aliphatic heterocycles. The second kappa shape index (κ2) is 12.0. The summed E-state index contributed by atoms with van der Waals surface area (Å²) in [5.41, 5.74) is 2.87. The molecule has 1 saturated heterocycles. The molecule has 2 aliphatic rings. The summed E-state index contributed by atoms with van der Waals surface area (Å²) in [4.78, 5) is 32.3. The van der Waals surface area contributed by atoms with Gasteiger partial charge in [0.25, 0.3) is 0 Å². The molecule has 1 atom stereocenters. The number of carbonyl (C=O) groups is 2. The van der Waals surface area contributed by atoms with Crippen molar-refractivity contribution in [3.05, 3.63) is 52.5 Å². The number of carbonyl (C=O) groups excluding carboxylic acids is 2. The Morgan fingerprint density at radius 3 is 2.38 bits per heavy atom. The maximum atomic E-state index is 13.7. The minimum absolute atomic E-state index is 0.0626. The van der Waals surface area contributed by atoms with Crippen LogP contribution in [0, 0.1) is 0 Å². The van der Waals surface area contributed by atoms with Gasteiger partial charge in [0, 0.05) is 49.0 Å². The van der Waals surface area contributed by atoms with Crippen molar-refractivity contribution in [1.29, 1.82) is 0 Å². The van der Waals surface area contributed by atoms with Crippen LogP contribution in [0.5, 0.6) is 11.5 Å². The predicted octanol–water partition coefficient (Wildman–Crippen LogP) is 3.34. The van der Waals surface area contributed by atoms with Gasteiger partial charge in [-0.3, -0.25) is 9.59 Å². The number of hydrogen-bond acceptors (Lipinski definition) is 6. The number of benzene rings is 2. The van der Waals surface area contributed by atoms with E-state index >= 15 is 0 Å². The van der Waals surface area contributed by atoms with Crippen molar-refractivity contribution in [3.63, 3.8) is 0 Å². The summed E-state index contributed by atoms with van der Waals surface area (Å²) >= 11 is 6.29. The zero-order valence-electron chi connectivity index (χ0n) is 22.1. The highest BCUT2D eigenvalue weighted by atomic mass is 35.5. The molecule has 0 radical (unpaired) electrons. The number of nitrogens with zero attached hydrogens (tertiary/aromatic N) is 3. The monoisotopic (exact) mass is 528 g/mol. The third-order valence-electron chi connectivity index (χ3n) is 7.31. The Labute approximate surface area is 224 Å². The normalized spacial score (nSPS) is 17.6. The zero-order chi connectivity index (χ0) is 26.5. The Bertz CT molecular complexity index is 1100. The first-order chi connectivity index (χ1) is 17.8. The Morgan fingerprint density at radius 2 is 1.76 bits per heavy atom. The molecule has 1 fully saturated rings. The van der Waals surface area contributed by atoms with Crippen LogP contribution in [0.1, 0.15) is 35.8 Å². The van der Waals surface area contributed by atoms with Gasteiger partial charge in [0.2, 0.25) is 11.8 Å². The van der Waals surface area contributed by atoms with Crippen LogP contribution in [-0.4, -0.2) is 89.2 Å². The number of halogens is 1. The highest BCUT2D eigenvalue weighted by Crippen LogP contribution is 2.42. The Morgan fingerprint density at radius 1 is 1.08 bits per heavy atom. The number of nitrogens with one attached hydrogen (secondary N) is 1. The minimum Gasteiger partial charge on any atom is -0.496 e. The van der Waals surface area contributed by atoms with Gasteiger partial charge in [-0.1, -0.05) is 23.7 Å². The van der Waals surface area contributed by atoms with Crippen molar-refractivity contribution < 1.29 is 19.1 Å². The summed E-state index contributed by atoms with van der Waals surface area (Å²) < 4.78 is 11.2. The van der Waals surface area contributed by atoms with Gasteiger partial charge < -0.3 is 29.5 Å². The van der Waals surface area contributed by atoms with Crippen molar-refractivity contribution in [3.8, 4) is 11.5 Å². The molecule has 1 N–H and O–H groups in total. The largest absolute Gasteiger partial charge is 0.496 e. The molecule has 0 bridgehead atoms. The van der Waals surface area contributed by atoms with Crippen LogP contribution in [0.4, 0.5) is 5.69 Å². The van der Waals surface area contributed by atoms with Crippen LogP contribution >= 0.6 is 11.6 Å². The molecule has 1 unspecified atom stereocenters. The summed E-state index contributed by atoms with van der Waals surface area (Å²) in [5, 5.41) is 3.56. The van der Waals surface area contributed by atoms with Crippen molar-refractivity contribution in [2.75, 3.05) is 72.5 Å². The number of amides is 2. The van der Waals surface area contributed by atoms with Crippen molar-refractivity contribution in [2.45, 2.75) is 24.7 Å². The number of fused-ring (bicyclic) bond motifs is 1. The number of methoxy groups -OCH3 is 2. The van der Waals surface area contributed by atoms with E-state index in [-0.39, 0.29) is 30.2 Å². The molecule has 2 heterocycles. The lowest BCUT2D eigenvalue weighted by Gasteiger charge is -2.34. The number of likely N-dealkylation sites (N-methyl/N-ethyl adjacent to an activating group) is 1. The molecular formula is C28H37ClN4O4. The molecule has 37 heavy (non-hydrogen) atoms. The molecule has 0 aliphatic carbocycles. The molecule has 4 rings (SSSR count). The first-order valence-corrected chi connectivity index (χ1v) is 13.2. The summed E-state index contributed by atoms with van der Waals surface area (Å²) in [5.74, 6) is 1.62. The SMILES string of the molecule is COc1cccc(OC)c1C1CCN(C(=O)C2CN(CC(=O)NCCN(C)C)c3cc(Cl)ccc32)CC1. The lowest BCUT2D eigenvalue weighted by atomic mass is 9.87. The Hall–Kier alpha value is -2.97. The molecule has 0 aromatic heterocycles. The fourth-order valence-corrected chi connectivity index (χ4v) is 5.57. The van der Waals surface area contributed by atoms with Crippen LogP contribution in [-0.2, 0) is 9.59 Å². The number of anilines is 1. The number of likely N-dealkylation sites (tertiary alicyclic amines) is 1. The maximum absolute atomic E-state index is 13.7. The maximum Gasteiger partial charge on any atom is 0.239 e. The fraction of sp³-hybridized carbons (Fsp3) is 0.500. The van der Waals surface area contributed by atoms with Crippen LogP contribution in [0.15, 0.2) is 36.4 Å². The predicted molar refractivity (Wildman–Crippen MR) is 146 cm³/mol. The molecule has 8 nitrogen and oxygen atoms in total. The van der Waals surface area contributed by atoms with Gasteiger partial charge in [-0.15, -0.1) is 0 Å². The molecule has 0 saturated carbocycles. The third kappa shape index (κ3) is 6.13. The topological polar surface area (TPSA) is 74.3 Å². The fourth-order valence-electron chi connectivity index (χ4n) is 5.40. The van der Waals surface area contributed by atoms with E-state index in [2.05, 4.69) is 5.32 Å². The van der Waals surface area contributed by atoms with Gasteiger partial charge >= 0.3 is 0 Å². The molecular weight excluding hydrogens is 492 g/mol. The smallest absolute Gasteiger partial charge is 0.239 e. The van der Waals surface area contributed by atoms with Crippen molar-refractivity contribution in [2.24, 2.45) is 0 Å². The van der Waals surface area contributed by atoms with E-state index in [1.165, 1.54) is 0 Å². The summed E-state index contributed by atoms with van der Waals surface area (Å²) in [6.45, 7) is 3.34. The van der Waals surface area contributed by atoms with Crippen molar-refractivity contribution >= 4 is 29.1 Å². The molecule has 2 amide bonds. The summed E-state index contributed by atoms with van der Waals surface area (Å²) in [7, 11) is 7.29. The van der Waals surface area contributed by atoms with E-state index in [1.807, 2.05) is 65.2 Å². The van der Waals surface area contributed by atoms with Crippen LogP contribution < -0.4 is 19.7 Å². The van der Waals surface area contributed by atoms with Gasteiger partial charge in [-0.25, -0.2) is 0 Å². The van der Waals surface area contributed by atoms with Crippen LogP contribution in [0.2, 0.25) is 5.02 Å². The second-order valence-electron chi connectivity index (χ2n) is 9.97. The zero-order valence-corrected chi connectivity index (χ0v) is 22.9. The van der Waals surface area contributed by atoms with E-state index < -0.39 is 0 Å². The first-order valence-electron chi connectivity index (χ1n) is 12.8. The average molecular weight is 529 g/mol. The number of piperidine rings is 1.